The van der Waals surface area contributed by atoms with Crippen LogP contribution in [0, 0.1) is 5.92 Å². The van der Waals surface area contributed by atoms with E-state index in [1.807, 2.05) is 19.1 Å². The third kappa shape index (κ3) is 4.38. The van der Waals surface area contributed by atoms with Crippen molar-refractivity contribution < 1.29 is 19.1 Å². The molecular formula is C17H22ClNO4. The zero-order valence-corrected chi connectivity index (χ0v) is 14.2. The Hall–Kier alpha value is -1.75. The molecule has 0 N–H and O–H groups in total. The molecule has 1 aromatic rings. The lowest BCUT2D eigenvalue weighted by Crippen LogP contribution is -2.46. The first kappa shape index (κ1) is 17.6. The third-order valence-corrected chi connectivity index (χ3v) is 4.41. The molecule has 0 spiro atoms. The van der Waals surface area contributed by atoms with Gasteiger partial charge in [0.1, 0.15) is 5.75 Å². The van der Waals surface area contributed by atoms with Crippen LogP contribution in [-0.2, 0) is 14.3 Å². The maximum Gasteiger partial charge on any atom is 0.308 e. The van der Waals surface area contributed by atoms with Gasteiger partial charge in [-0.05, 0) is 31.4 Å². The molecule has 1 fully saturated rings. The number of methoxy groups -OCH3 is 1. The lowest BCUT2D eigenvalue weighted by molar-refractivity contribution is -0.150. The molecule has 1 atom stereocenters. The van der Waals surface area contributed by atoms with Gasteiger partial charge in [0, 0.05) is 13.1 Å². The molecule has 0 aromatic heterocycles. The Morgan fingerprint density at radius 2 is 1.96 bits per heavy atom. The summed E-state index contributed by atoms with van der Waals surface area (Å²) in [6, 6.07) is 7.12. The van der Waals surface area contributed by atoms with Gasteiger partial charge in [-0.25, -0.2) is 0 Å². The van der Waals surface area contributed by atoms with Crippen LogP contribution in [0.1, 0.15) is 26.2 Å². The van der Waals surface area contributed by atoms with Crippen LogP contribution < -0.4 is 4.74 Å². The number of amides is 1. The SMILES string of the molecule is CC[C@@H](Oc1ccccc1Cl)C(=O)N1CCC(C(=O)OC)CC1. The topological polar surface area (TPSA) is 55.8 Å². The monoisotopic (exact) mass is 339 g/mol. The minimum absolute atomic E-state index is 0.0595. The Morgan fingerprint density at radius 3 is 2.52 bits per heavy atom. The second-order valence-electron chi connectivity index (χ2n) is 5.57. The van der Waals surface area contributed by atoms with Crippen LogP contribution in [0.25, 0.3) is 0 Å². The van der Waals surface area contributed by atoms with Gasteiger partial charge < -0.3 is 14.4 Å². The van der Waals surface area contributed by atoms with Crippen molar-refractivity contribution in [1.82, 2.24) is 4.90 Å². The zero-order valence-electron chi connectivity index (χ0n) is 13.5. The summed E-state index contributed by atoms with van der Waals surface area (Å²) in [6.45, 7) is 2.99. The van der Waals surface area contributed by atoms with E-state index < -0.39 is 6.10 Å². The van der Waals surface area contributed by atoms with Crippen LogP contribution in [0.4, 0.5) is 0 Å². The molecule has 1 heterocycles. The van der Waals surface area contributed by atoms with Crippen LogP contribution in [0.3, 0.4) is 0 Å². The lowest BCUT2D eigenvalue weighted by atomic mass is 9.96. The van der Waals surface area contributed by atoms with Gasteiger partial charge in [-0.1, -0.05) is 30.7 Å². The first-order valence-electron chi connectivity index (χ1n) is 7.84. The van der Waals surface area contributed by atoms with E-state index in [0.717, 1.165) is 0 Å². The molecular weight excluding hydrogens is 318 g/mol. The van der Waals surface area contributed by atoms with E-state index in [-0.39, 0.29) is 17.8 Å². The van der Waals surface area contributed by atoms with Gasteiger partial charge in [-0.3, -0.25) is 9.59 Å². The molecule has 126 valence electrons. The fourth-order valence-corrected chi connectivity index (χ4v) is 2.89. The number of esters is 1. The van der Waals surface area contributed by atoms with Crippen molar-refractivity contribution in [3.05, 3.63) is 29.3 Å². The van der Waals surface area contributed by atoms with E-state index in [4.69, 9.17) is 21.1 Å². The van der Waals surface area contributed by atoms with E-state index in [1.54, 1.807) is 17.0 Å². The highest BCUT2D eigenvalue weighted by atomic mass is 35.5. The Balaban J connectivity index is 1.96. The maximum atomic E-state index is 12.6. The van der Waals surface area contributed by atoms with Crippen molar-refractivity contribution in [3.63, 3.8) is 0 Å². The van der Waals surface area contributed by atoms with Gasteiger partial charge in [-0.2, -0.15) is 0 Å². The number of carbonyl (C=O) groups excluding carboxylic acids is 2. The molecule has 1 amide bonds. The summed E-state index contributed by atoms with van der Waals surface area (Å²) >= 11 is 6.08. The fourth-order valence-electron chi connectivity index (χ4n) is 2.71. The molecule has 1 aliphatic rings. The maximum absolute atomic E-state index is 12.6. The smallest absolute Gasteiger partial charge is 0.308 e. The number of carbonyl (C=O) groups is 2. The highest BCUT2D eigenvalue weighted by Gasteiger charge is 2.31. The molecule has 2 rings (SSSR count). The van der Waals surface area contributed by atoms with Crippen molar-refractivity contribution in [2.45, 2.75) is 32.3 Å². The highest BCUT2D eigenvalue weighted by Crippen LogP contribution is 2.26. The van der Waals surface area contributed by atoms with Gasteiger partial charge in [0.25, 0.3) is 5.91 Å². The van der Waals surface area contributed by atoms with Gasteiger partial charge in [-0.15, -0.1) is 0 Å². The van der Waals surface area contributed by atoms with E-state index in [2.05, 4.69) is 0 Å². The summed E-state index contributed by atoms with van der Waals surface area (Å²) in [4.78, 5) is 25.9. The van der Waals surface area contributed by atoms with E-state index >= 15 is 0 Å². The van der Waals surface area contributed by atoms with Crippen molar-refractivity contribution in [1.29, 1.82) is 0 Å². The van der Waals surface area contributed by atoms with E-state index in [9.17, 15) is 9.59 Å². The molecule has 1 aromatic carbocycles. The first-order chi connectivity index (χ1) is 11.1. The molecule has 0 radical (unpaired) electrons. The van der Waals surface area contributed by atoms with Crippen LogP contribution in [0.2, 0.25) is 5.02 Å². The van der Waals surface area contributed by atoms with E-state index in [0.29, 0.717) is 43.1 Å². The number of piperidine rings is 1. The number of halogens is 1. The van der Waals surface area contributed by atoms with Crippen molar-refractivity contribution >= 4 is 23.5 Å². The summed E-state index contributed by atoms with van der Waals surface area (Å²) < 4.78 is 10.6. The van der Waals surface area contributed by atoms with Crippen LogP contribution in [0.5, 0.6) is 5.75 Å². The standard InChI is InChI=1S/C17H22ClNO4/c1-3-14(23-15-7-5-4-6-13(15)18)16(20)19-10-8-12(9-11-19)17(21)22-2/h4-7,12,14H,3,8-11H2,1-2H3/t14-/m1/s1. The van der Waals surface area contributed by atoms with Crippen LogP contribution in [-0.4, -0.2) is 43.1 Å². The first-order valence-corrected chi connectivity index (χ1v) is 8.22. The molecule has 6 heteroatoms. The summed E-state index contributed by atoms with van der Waals surface area (Å²) in [7, 11) is 1.39. The molecule has 0 unspecified atom stereocenters. The molecule has 1 aliphatic heterocycles. The minimum atomic E-state index is -0.565. The molecule has 23 heavy (non-hydrogen) atoms. The number of benzene rings is 1. The second-order valence-corrected chi connectivity index (χ2v) is 5.98. The predicted molar refractivity (Wildman–Crippen MR) is 87.5 cm³/mol. The molecule has 1 saturated heterocycles. The largest absolute Gasteiger partial charge is 0.479 e. The molecule has 0 bridgehead atoms. The number of rotatable bonds is 5. The number of para-hydroxylation sites is 1. The lowest BCUT2D eigenvalue weighted by Gasteiger charge is -2.33. The number of hydrogen-bond acceptors (Lipinski definition) is 4. The van der Waals surface area contributed by atoms with Gasteiger partial charge in [0.2, 0.25) is 0 Å². The Morgan fingerprint density at radius 1 is 1.30 bits per heavy atom. The summed E-state index contributed by atoms with van der Waals surface area (Å²) in [5, 5.41) is 0.489. The quantitative estimate of drug-likeness (QED) is 0.774. The van der Waals surface area contributed by atoms with Gasteiger partial charge in [0.15, 0.2) is 6.10 Å². The highest BCUT2D eigenvalue weighted by molar-refractivity contribution is 6.32. The average Bonchev–Trinajstić information content (AvgIpc) is 2.60. The number of nitrogens with zero attached hydrogens (tertiary/aromatic N) is 1. The van der Waals surface area contributed by atoms with Crippen molar-refractivity contribution in [3.8, 4) is 5.75 Å². The Bertz CT molecular complexity index is 555. The molecule has 5 nitrogen and oxygen atoms in total. The molecule has 0 aliphatic carbocycles. The minimum Gasteiger partial charge on any atom is -0.479 e. The van der Waals surface area contributed by atoms with Crippen molar-refractivity contribution in [2.24, 2.45) is 5.92 Å². The number of ether oxygens (including phenoxy) is 2. The van der Waals surface area contributed by atoms with Crippen LogP contribution in [0.15, 0.2) is 24.3 Å². The second kappa shape index (κ2) is 8.20. The van der Waals surface area contributed by atoms with E-state index in [1.165, 1.54) is 7.11 Å². The number of hydrogen-bond donors (Lipinski definition) is 0. The zero-order chi connectivity index (χ0) is 16.8. The summed E-state index contributed by atoms with van der Waals surface area (Å²) in [6.07, 6.45) is 1.24. The summed E-state index contributed by atoms with van der Waals surface area (Å²) in [5.41, 5.74) is 0. The Kier molecular flexibility index (Phi) is 6.28. The normalized spacial score (nSPS) is 16.7. The Labute approximate surface area is 141 Å². The van der Waals surface area contributed by atoms with Gasteiger partial charge in [0.05, 0.1) is 18.1 Å². The predicted octanol–water partition coefficient (Wildman–Crippen LogP) is 2.91. The molecule has 0 saturated carbocycles. The average molecular weight is 340 g/mol. The van der Waals surface area contributed by atoms with Crippen molar-refractivity contribution in [2.75, 3.05) is 20.2 Å². The fraction of sp³-hybridized carbons (Fsp3) is 0.529. The summed E-state index contributed by atoms with van der Waals surface area (Å²) in [5.74, 6) is 0.139. The number of likely N-dealkylation sites (tertiary alicyclic amines) is 1. The third-order valence-electron chi connectivity index (χ3n) is 4.09. The van der Waals surface area contributed by atoms with Crippen LogP contribution >= 0.6 is 11.6 Å². The van der Waals surface area contributed by atoms with Gasteiger partial charge >= 0.3 is 5.97 Å².